The average molecular weight is 468 g/mol. The van der Waals surface area contributed by atoms with E-state index in [2.05, 4.69) is 26.7 Å². The molecule has 0 amide bonds. The Hall–Kier alpha value is -2.20. The molecule has 0 saturated carbocycles. The van der Waals surface area contributed by atoms with Gasteiger partial charge in [0.2, 0.25) is 0 Å². The highest BCUT2D eigenvalue weighted by Crippen LogP contribution is 2.32. The first-order valence-electron chi connectivity index (χ1n) is 9.24. The highest BCUT2D eigenvalue weighted by molar-refractivity contribution is 7.92. The van der Waals surface area contributed by atoms with E-state index in [1.807, 2.05) is 18.2 Å². The molecule has 1 aliphatic rings. The Morgan fingerprint density at radius 2 is 2.10 bits per heavy atom. The van der Waals surface area contributed by atoms with Crippen LogP contribution in [0.15, 0.2) is 58.3 Å². The number of rotatable bonds is 7. The number of nitrogens with zero attached hydrogens (tertiary/aromatic N) is 2. The Bertz CT molecular complexity index is 1110. The monoisotopic (exact) mass is 467 g/mol. The molecule has 0 spiro atoms. The number of nitrogens with one attached hydrogen (secondary N) is 1. The number of anilines is 1. The van der Waals surface area contributed by atoms with Crippen LogP contribution < -0.4 is 9.46 Å². The summed E-state index contributed by atoms with van der Waals surface area (Å²) in [6.45, 7) is 2.34. The zero-order valence-corrected chi connectivity index (χ0v) is 18.2. The van der Waals surface area contributed by atoms with Crippen LogP contribution in [0.25, 0.3) is 0 Å². The van der Waals surface area contributed by atoms with Crippen molar-refractivity contribution in [1.29, 1.82) is 0 Å². The average Bonchev–Trinajstić information content (AvgIpc) is 3.37. The van der Waals surface area contributed by atoms with Crippen molar-refractivity contribution >= 4 is 38.8 Å². The van der Waals surface area contributed by atoms with Gasteiger partial charge in [-0.15, -0.1) is 11.3 Å². The molecule has 4 rings (SSSR count). The van der Waals surface area contributed by atoms with Crippen LogP contribution in [-0.4, -0.2) is 37.5 Å². The number of likely N-dealkylation sites (tertiary alicyclic amines) is 1. The molecule has 2 aromatic carbocycles. The second-order valence-electron chi connectivity index (χ2n) is 6.94. The van der Waals surface area contributed by atoms with Crippen LogP contribution in [0.5, 0.6) is 5.75 Å². The van der Waals surface area contributed by atoms with Gasteiger partial charge in [0.05, 0.1) is 10.5 Å². The molecule has 2 heterocycles. The molecule has 1 fully saturated rings. The molecule has 1 atom stereocenters. The van der Waals surface area contributed by atoms with Gasteiger partial charge in [0.15, 0.2) is 5.82 Å². The van der Waals surface area contributed by atoms with Gasteiger partial charge in [-0.25, -0.2) is 17.8 Å². The summed E-state index contributed by atoms with van der Waals surface area (Å²) in [5, 5.41) is 1.55. The molecule has 0 unspecified atom stereocenters. The lowest BCUT2D eigenvalue weighted by Gasteiger charge is -2.18. The molecular weight excluding hydrogens is 449 g/mol. The Labute approximate surface area is 183 Å². The molecule has 1 saturated heterocycles. The summed E-state index contributed by atoms with van der Waals surface area (Å²) in [6.07, 6.45) is 0.622. The first-order chi connectivity index (χ1) is 14.4. The lowest BCUT2D eigenvalue weighted by Crippen LogP contribution is -2.24. The Balaban J connectivity index is 1.44. The fourth-order valence-corrected chi connectivity index (χ4v) is 5.24. The molecule has 1 N–H and O–H groups in total. The standard InChI is InChI=1S/C20H19ClFN3O3S2/c21-16-8-19(30(26,27)24-20-12-29-13-23-20)17(22)9-18(16)28-15-6-7-25(11-15)10-14-4-2-1-3-5-14/h1-5,8-9,12-13,15,24H,6-7,10-11H2/t15-/m0/s1. The van der Waals surface area contributed by atoms with Gasteiger partial charge in [-0.2, -0.15) is 0 Å². The van der Waals surface area contributed by atoms with Crippen molar-refractivity contribution in [2.24, 2.45) is 0 Å². The maximum absolute atomic E-state index is 14.6. The zero-order valence-electron chi connectivity index (χ0n) is 15.8. The number of hydrogen-bond acceptors (Lipinski definition) is 6. The topological polar surface area (TPSA) is 71.5 Å². The predicted molar refractivity (Wildman–Crippen MR) is 115 cm³/mol. The van der Waals surface area contributed by atoms with E-state index in [1.165, 1.54) is 27.8 Å². The second kappa shape index (κ2) is 8.89. The lowest BCUT2D eigenvalue weighted by atomic mass is 10.2. The number of thiazole rings is 1. The minimum absolute atomic E-state index is 0.0385. The molecule has 10 heteroatoms. The van der Waals surface area contributed by atoms with Gasteiger partial charge in [-0.05, 0) is 18.1 Å². The minimum atomic E-state index is -4.15. The van der Waals surface area contributed by atoms with E-state index in [1.54, 1.807) is 0 Å². The van der Waals surface area contributed by atoms with E-state index < -0.39 is 20.7 Å². The van der Waals surface area contributed by atoms with E-state index in [4.69, 9.17) is 16.3 Å². The van der Waals surface area contributed by atoms with Crippen molar-refractivity contribution in [2.75, 3.05) is 17.8 Å². The lowest BCUT2D eigenvalue weighted by molar-refractivity contribution is 0.197. The van der Waals surface area contributed by atoms with Gasteiger partial charge in [0, 0.05) is 31.1 Å². The van der Waals surface area contributed by atoms with Crippen LogP contribution in [0.4, 0.5) is 10.2 Å². The molecule has 158 valence electrons. The van der Waals surface area contributed by atoms with Gasteiger partial charge in [0.25, 0.3) is 10.0 Å². The molecule has 6 nitrogen and oxygen atoms in total. The number of aromatic nitrogens is 1. The smallest absolute Gasteiger partial charge is 0.266 e. The van der Waals surface area contributed by atoms with Gasteiger partial charge in [0.1, 0.15) is 22.6 Å². The molecule has 1 aromatic heterocycles. The molecule has 30 heavy (non-hydrogen) atoms. The zero-order chi connectivity index (χ0) is 21.1. The maximum Gasteiger partial charge on any atom is 0.266 e. The predicted octanol–water partition coefficient (Wildman–Crippen LogP) is 4.39. The van der Waals surface area contributed by atoms with Crippen LogP contribution in [0, 0.1) is 5.82 Å². The van der Waals surface area contributed by atoms with Crippen LogP contribution >= 0.6 is 22.9 Å². The number of halogens is 2. The van der Waals surface area contributed by atoms with E-state index in [0.717, 1.165) is 31.6 Å². The second-order valence-corrected chi connectivity index (χ2v) is 9.72. The van der Waals surface area contributed by atoms with Crippen molar-refractivity contribution in [3.05, 3.63) is 69.8 Å². The third-order valence-corrected chi connectivity index (χ3v) is 6.97. The van der Waals surface area contributed by atoms with Crippen LogP contribution in [0.1, 0.15) is 12.0 Å². The number of ether oxygens (including phenoxy) is 1. The van der Waals surface area contributed by atoms with Gasteiger partial charge in [-0.3, -0.25) is 9.62 Å². The maximum atomic E-state index is 14.6. The summed E-state index contributed by atoms with van der Waals surface area (Å²) >= 11 is 7.44. The van der Waals surface area contributed by atoms with E-state index in [-0.39, 0.29) is 22.7 Å². The van der Waals surface area contributed by atoms with E-state index >= 15 is 0 Å². The van der Waals surface area contributed by atoms with Crippen molar-refractivity contribution in [3.8, 4) is 5.75 Å². The highest BCUT2D eigenvalue weighted by Gasteiger charge is 2.27. The summed E-state index contributed by atoms with van der Waals surface area (Å²) in [5.41, 5.74) is 2.69. The minimum Gasteiger partial charge on any atom is -0.487 e. The summed E-state index contributed by atoms with van der Waals surface area (Å²) in [4.78, 5) is 5.55. The fraction of sp³-hybridized carbons (Fsp3) is 0.250. The largest absolute Gasteiger partial charge is 0.487 e. The van der Waals surface area contributed by atoms with Crippen LogP contribution in [-0.2, 0) is 16.6 Å². The van der Waals surface area contributed by atoms with Crippen molar-refractivity contribution in [3.63, 3.8) is 0 Å². The Morgan fingerprint density at radius 1 is 1.30 bits per heavy atom. The van der Waals surface area contributed by atoms with Crippen LogP contribution in [0.3, 0.4) is 0 Å². The fourth-order valence-electron chi connectivity index (χ4n) is 3.32. The number of sulfonamides is 1. The van der Waals surface area contributed by atoms with Gasteiger partial charge in [-0.1, -0.05) is 41.9 Å². The van der Waals surface area contributed by atoms with E-state index in [0.29, 0.717) is 6.54 Å². The highest BCUT2D eigenvalue weighted by atomic mass is 35.5. The van der Waals surface area contributed by atoms with Crippen molar-refractivity contribution in [2.45, 2.75) is 24.0 Å². The van der Waals surface area contributed by atoms with Crippen LogP contribution in [0.2, 0.25) is 5.02 Å². The molecule has 0 aliphatic carbocycles. The molecule has 0 bridgehead atoms. The first kappa shape index (κ1) is 21.0. The molecule has 0 radical (unpaired) electrons. The third kappa shape index (κ3) is 4.92. The summed E-state index contributed by atoms with van der Waals surface area (Å²) < 4.78 is 47.6. The normalized spacial score (nSPS) is 17.2. The first-order valence-corrected chi connectivity index (χ1v) is 12.0. The third-order valence-electron chi connectivity index (χ3n) is 4.72. The van der Waals surface area contributed by atoms with Crippen molar-refractivity contribution < 1.29 is 17.5 Å². The van der Waals surface area contributed by atoms with E-state index in [9.17, 15) is 12.8 Å². The summed E-state index contributed by atoms with van der Waals surface area (Å²) in [6, 6.07) is 12.2. The van der Waals surface area contributed by atoms with Gasteiger partial charge >= 0.3 is 0 Å². The Morgan fingerprint density at radius 3 is 2.83 bits per heavy atom. The molecule has 3 aromatic rings. The summed E-state index contributed by atoms with van der Waals surface area (Å²) in [5.74, 6) is -0.676. The van der Waals surface area contributed by atoms with Crippen molar-refractivity contribution in [1.82, 2.24) is 9.88 Å². The number of hydrogen-bond donors (Lipinski definition) is 1. The molecular formula is C20H19ClFN3O3S2. The SMILES string of the molecule is O=S(=O)(Nc1cscn1)c1cc(Cl)c(O[C@H]2CCN(Cc3ccccc3)C2)cc1F. The quantitative estimate of drug-likeness (QED) is 0.558. The molecule has 1 aliphatic heterocycles. The Kier molecular flexibility index (Phi) is 6.24. The van der Waals surface area contributed by atoms with Gasteiger partial charge < -0.3 is 4.74 Å². The number of benzene rings is 2. The summed E-state index contributed by atoms with van der Waals surface area (Å²) in [7, 11) is -4.15.